The maximum Gasteiger partial charge on any atom is 0.420 e. The Hall–Kier alpha value is -3.22. The molecule has 0 unspecified atom stereocenters. The molecule has 0 aromatic heterocycles. The molecule has 2 aromatic carbocycles. The highest BCUT2D eigenvalue weighted by Crippen LogP contribution is 2.42. The third-order valence-electron chi connectivity index (χ3n) is 3.55. The quantitative estimate of drug-likeness (QED) is 0.489. The molecule has 0 bridgehead atoms. The van der Waals surface area contributed by atoms with Gasteiger partial charge in [-0.25, -0.2) is 9.18 Å². The second kappa shape index (κ2) is 7.42. The van der Waals surface area contributed by atoms with Crippen LogP contribution in [0.2, 0.25) is 0 Å². The maximum absolute atomic E-state index is 13.3. The van der Waals surface area contributed by atoms with Crippen molar-refractivity contribution in [3.8, 4) is 18.1 Å². The molecule has 0 N–H and O–H groups in total. The molecule has 0 radical (unpaired) electrons. The molecule has 1 amide bonds. The highest BCUT2D eigenvalue weighted by Gasteiger charge is 2.41. The third kappa shape index (κ3) is 4.54. The number of carbonyl (C=O) groups is 1. The first-order chi connectivity index (χ1) is 12.8. The van der Waals surface area contributed by atoms with E-state index in [0.717, 1.165) is 36.2 Å². The molecule has 0 saturated heterocycles. The number of nitrogens with zero attached hydrogens (tertiary/aromatic N) is 1. The van der Waals surface area contributed by atoms with Crippen LogP contribution >= 0.6 is 0 Å². The number of alkyl halides is 6. The molecule has 0 saturated carbocycles. The summed E-state index contributed by atoms with van der Waals surface area (Å²) >= 11 is 0. The molecule has 0 atom stereocenters. The van der Waals surface area contributed by atoms with Crippen molar-refractivity contribution in [3.63, 3.8) is 0 Å². The second-order valence-corrected chi connectivity index (χ2v) is 5.44. The molecule has 148 valence electrons. The van der Waals surface area contributed by atoms with Gasteiger partial charge in [0.1, 0.15) is 11.4 Å². The summed E-state index contributed by atoms with van der Waals surface area (Å²) in [7, 11) is 1.11. The molecule has 0 fully saturated rings. The van der Waals surface area contributed by atoms with Gasteiger partial charge >= 0.3 is 18.4 Å². The topological polar surface area (TPSA) is 29.5 Å². The number of hydrogen-bond donors (Lipinski definition) is 0. The van der Waals surface area contributed by atoms with Crippen molar-refractivity contribution in [1.82, 2.24) is 0 Å². The van der Waals surface area contributed by atoms with Crippen LogP contribution in [0.25, 0.3) is 0 Å². The average Bonchev–Trinajstić information content (AvgIpc) is 2.59. The highest BCUT2D eigenvalue weighted by molar-refractivity contribution is 5.89. The Kier molecular flexibility index (Phi) is 5.59. The fourth-order valence-corrected chi connectivity index (χ4v) is 2.15. The number of ether oxygens (including phenoxy) is 1. The lowest BCUT2D eigenvalue weighted by atomic mass is 10.0. The van der Waals surface area contributed by atoms with E-state index in [4.69, 9.17) is 6.42 Å². The molecule has 2 rings (SSSR count). The van der Waals surface area contributed by atoms with Crippen molar-refractivity contribution in [2.24, 2.45) is 0 Å². The number of terminal acetylenes is 1. The fraction of sp³-hybridized carbons (Fsp3) is 0.167. The summed E-state index contributed by atoms with van der Waals surface area (Å²) in [6.45, 7) is 0. The van der Waals surface area contributed by atoms with Gasteiger partial charge in [-0.05, 0) is 36.4 Å². The third-order valence-corrected chi connectivity index (χ3v) is 3.55. The van der Waals surface area contributed by atoms with Gasteiger partial charge in [-0.2, -0.15) is 26.3 Å². The molecule has 0 heterocycles. The predicted molar refractivity (Wildman–Crippen MR) is 85.2 cm³/mol. The zero-order valence-electron chi connectivity index (χ0n) is 14.0. The van der Waals surface area contributed by atoms with Gasteiger partial charge in [0.25, 0.3) is 0 Å². The van der Waals surface area contributed by atoms with E-state index < -0.39 is 46.7 Å². The summed E-state index contributed by atoms with van der Waals surface area (Å²) in [5, 5.41) is 0. The minimum Gasteiger partial charge on any atom is -0.408 e. The Morgan fingerprint density at radius 2 is 1.61 bits per heavy atom. The smallest absolute Gasteiger partial charge is 0.408 e. The van der Waals surface area contributed by atoms with Crippen LogP contribution in [0, 0.1) is 18.2 Å². The number of hydrogen-bond acceptors (Lipinski definition) is 2. The Balaban J connectivity index is 2.50. The average molecular weight is 405 g/mol. The van der Waals surface area contributed by atoms with Crippen molar-refractivity contribution in [3.05, 3.63) is 58.9 Å². The van der Waals surface area contributed by atoms with E-state index in [9.17, 15) is 35.5 Å². The van der Waals surface area contributed by atoms with Crippen molar-refractivity contribution in [2.75, 3.05) is 11.9 Å². The van der Waals surface area contributed by atoms with Crippen LogP contribution in [0.3, 0.4) is 0 Å². The van der Waals surface area contributed by atoms with E-state index in [1.807, 2.05) is 0 Å². The summed E-state index contributed by atoms with van der Waals surface area (Å²) < 4.78 is 96.0. The Morgan fingerprint density at radius 1 is 1.04 bits per heavy atom. The van der Waals surface area contributed by atoms with E-state index in [2.05, 4.69) is 4.74 Å². The van der Waals surface area contributed by atoms with Crippen LogP contribution in [0.15, 0.2) is 36.4 Å². The predicted octanol–water partition coefficient (Wildman–Crippen LogP) is 5.48. The second-order valence-electron chi connectivity index (χ2n) is 5.44. The lowest BCUT2D eigenvalue weighted by Crippen LogP contribution is -2.30. The number of carbonyl (C=O) groups excluding carboxylic acids is 1. The van der Waals surface area contributed by atoms with Gasteiger partial charge in [-0.3, -0.25) is 4.90 Å². The first-order valence-corrected chi connectivity index (χ1v) is 7.34. The summed E-state index contributed by atoms with van der Waals surface area (Å²) in [4.78, 5) is 12.9. The van der Waals surface area contributed by atoms with Gasteiger partial charge in [0.15, 0.2) is 5.75 Å². The number of anilines is 1. The zero-order chi connectivity index (χ0) is 21.3. The number of amides is 1. The van der Waals surface area contributed by atoms with Crippen LogP contribution in [0.1, 0.15) is 16.7 Å². The molecular weight excluding hydrogens is 395 g/mol. The van der Waals surface area contributed by atoms with Gasteiger partial charge in [-0.1, -0.05) is 5.92 Å². The maximum atomic E-state index is 13.3. The molecule has 10 heteroatoms. The summed E-state index contributed by atoms with van der Waals surface area (Å²) in [6, 6.07) is 4.36. The molecule has 28 heavy (non-hydrogen) atoms. The van der Waals surface area contributed by atoms with Crippen molar-refractivity contribution in [1.29, 1.82) is 0 Å². The standard InChI is InChI=1S/C18H10F7NO2/c1-3-10-8-11(17(20,21)22)9-14(18(23,24)25)15(10)28-16(27)26(2)13-6-4-12(19)5-7-13/h1,4-9H,2H3. The molecule has 0 spiro atoms. The van der Waals surface area contributed by atoms with E-state index in [1.54, 1.807) is 5.92 Å². The lowest BCUT2D eigenvalue weighted by Gasteiger charge is -2.21. The molecule has 3 nitrogen and oxygen atoms in total. The fourth-order valence-electron chi connectivity index (χ4n) is 2.15. The van der Waals surface area contributed by atoms with Crippen LogP contribution in [-0.2, 0) is 12.4 Å². The van der Waals surface area contributed by atoms with E-state index in [0.29, 0.717) is 0 Å². The molecule has 0 aliphatic carbocycles. The SMILES string of the molecule is C#Cc1cc(C(F)(F)F)cc(C(F)(F)F)c1OC(=O)N(C)c1ccc(F)cc1. The van der Waals surface area contributed by atoms with E-state index in [-0.39, 0.29) is 17.8 Å². The summed E-state index contributed by atoms with van der Waals surface area (Å²) in [6.07, 6.45) is -6.72. The number of halogens is 7. The van der Waals surface area contributed by atoms with Gasteiger partial charge in [0, 0.05) is 12.7 Å². The van der Waals surface area contributed by atoms with E-state index in [1.165, 1.54) is 0 Å². The first kappa shape index (κ1) is 21.1. The molecule has 2 aromatic rings. The number of benzene rings is 2. The van der Waals surface area contributed by atoms with Gasteiger partial charge in [0.05, 0.1) is 11.1 Å². The zero-order valence-corrected chi connectivity index (χ0v) is 14.0. The summed E-state index contributed by atoms with van der Waals surface area (Å²) in [5.74, 6) is -0.190. The van der Waals surface area contributed by atoms with Crippen molar-refractivity contribution >= 4 is 11.8 Å². The largest absolute Gasteiger partial charge is 0.420 e. The Morgan fingerprint density at radius 3 is 2.07 bits per heavy atom. The summed E-state index contributed by atoms with van der Waals surface area (Å²) in [5.41, 5.74) is -4.33. The highest BCUT2D eigenvalue weighted by atomic mass is 19.4. The normalized spacial score (nSPS) is 11.7. The molecule has 0 aliphatic rings. The number of rotatable bonds is 2. The van der Waals surface area contributed by atoms with Gasteiger partial charge in [-0.15, -0.1) is 6.42 Å². The first-order valence-electron chi connectivity index (χ1n) is 7.34. The van der Waals surface area contributed by atoms with Gasteiger partial charge in [0.2, 0.25) is 0 Å². The minimum absolute atomic E-state index is 0.0640. The Bertz CT molecular complexity index is 925. The molecule has 0 aliphatic heterocycles. The van der Waals surface area contributed by atoms with Crippen molar-refractivity contribution < 1.29 is 40.3 Å². The van der Waals surface area contributed by atoms with Crippen LogP contribution in [-0.4, -0.2) is 13.1 Å². The lowest BCUT2D eigenvalue weighted by molar-refractivity contribution is -0.143. The Labute approximate surface area is 154 Å². The van der Waals surface area contributed by atoms with Crippen LogP contribution in [0.4, 0.5) is 41.2 Å². The van der Waals surface area contributed by atoms with Crippen molar-refractivity contribution in [2.45, 2.75) is 12.4 Å². The van der Waals surface area contributed by atoms with Gasteiger partial charge < -0.3 is 4.74 Å². The molecular formula is C18H10F7NO2. The monoisotopic (exact) mass is 405 g/mol. The minimum atomic E-state index is -5.28. The van der Waals surface area contributed by atoms with E-state index >= 15 is 0 Å². The van der Waals surface area contributed by atoms with Crippen LogP contribution in [0.5, 0.6) is 5.75 Å². The van der Waals surface area contributed by atoms with Crippen LogP contribution < -0.4 is 9.64 Å².